The van der Waals surface area contributed by atoms with Crippen LogP contribution in [0.4, 0.5) is 11.4 Å². The van der Waals surface area contributed by atoms with Crippen LogP contribution in [0.1, 0.15) is 15.9 Å². The highest BCUT2D eigenvalue weighted by Crippen LogP contribution is 2.28. The maximum Gasteiger partial charge on any atom is 0.293 e. The minimum Gasteiger partial charge on any atom is -0.372 e. The van der Waals surface area contributed by atoms with Crippen molar-refractivity contribution in [2.75, 3.05) is 19.0 Å². The second-order valence-corrected chi connectivity index (χ2v) is 6.07. The quantitative estimate of drug-likeness (QED) is 0.328. The summed E-state index contributed by atoms with van der Waals surface area (Å²) in [7, 11) is 3.45. The summed E-state index contributed by atoms with van der Waals surface area (Å²) in [5.41, 5.74) is 1.27. The van der Waals surface area contributed by atoms with Crippen LogP contribution in [0.3, 0.4) is 0 Å². The van der Waals surface area contributed by atoms with Crippen LogP contribution in [0, 0.1) is 10.1 Å². The van der Waals surface area contributed by atoms with Gasteiger partial charge in [0.2, 0.25) is 0 Å². The van der Waals surface area contributed by atoms with E-state index in [1.165, 1.54) is 24.3 Å². The summed E-state index contributed by atoms with van der Waals surface area (Å²) in [4.78, 5) is 24.6. The first-order valence-electron chi connectivity index (χ1n) is 6.93. The number of carbonyl (C=O) groups excluding carboxylic acids is 1. The molecule has 0 spiro atoms. The van der Waals surface area contributed by atoms with Crippen LogP contribution < -0.4 is 4.90 Å². The van der Waals surface area contributed by atoms with Gasteiger partial charge in [0.25, 0.3) is 5.69 Å². The number of nitro benzene ring substituents is 1. The van der Waals surface area contributed by atoms with E-state index in [4.69, 9.17) is 23.2 Å². The number of allylic oxidation sites excluding steroid dienone is 1. The third-order valence-electron chi connectivity index (χ3n) is 3.30. The minimum atomic E-state index is -0.456. The Morgan fingerprint density at radius 2 is 1.88 bits per heavy atom. The molecule has 5 nitrogen and oxygen atoms in total. The average Bonchev–Trinajstić information content (AvgIpc) is 2.54. The van der Waals surface area contributed by atoms with Crippen LogP contribution in [0.25, 0.3) is 6.08 Å². The number of rotatable bonds is 5. The van der Waals surface area contributed by atoms with Crippen LogP contribution in [-0.4, -0.2) is 24.8 Å². The molecule has 2 aromatic carbocycles. The average molecular weight is 365 g/mol. The van der Waals surface area contributed by atoms with Crippen molar-refractivity contribution in [3.8, 4) is 0 Å². The van der Waals surface area contributed by atoms with E-state index < -0.39 is 4.92 Å². The Hall–Kier alpha value is -2.37. The molecule has 7 heteroatoms. The van der Waals surface area contributed by atoms with E-state index in [1.54, 1.807) is 43.3 Å². The Labute approximate surface area is 149 Å². The molecular formula is C17H14Cl2N2O3. The van der Waals surface area contributed by atoms with Crippen molar-refractivity contribution < 1.29 is 9.72 Å². The van der Waals surface area contributed by atoms with E-state index in [0.717, 1.165) is 0 Å². The molecule has 124 valence electrons. The van der Waals surface area contributed by atoms with Gasteiger partial charge < -0.3 is 4.90 Å². The van der Waals surface area contributed by atoms with Gasteiger partial charge in [0.05, 0.1) is 9.95 Å². The summed E-state index contributed by atoms with van der Waals surface area (Å²) < 4.78 is 0. The lowest BCUT2D eigenvalue weighted by Crippen LogP contribution is -2.11. The molecule has 0 bridgehead atoms. The fraction of sp³-hybridized carbons (Fsp3) is 0.118. The fourth-order valence-corrected chi connectivity index (χ4v) is 2.50. The maximum absolute atomic E-state index is 12.2. The molecule has 2 rings (SSSR count). The van der Waals surface area contributed by atoms with Gasteiger partial charge in [-0.15, -0.1) is 0 Å². The molecule has 0 N–H and O–H groups in total. The first kappa shape index (κ1) is 18.0. The molecule has 0 radical (unpaired) electrons. The van der Waals surface area contributed by atoms with Gasteiger partial charge in [-0.2, -0.15) is 0 Å². The topological polar surface area (TPSA) is 63.5 Å². The van der Waals surface area contributed by atoms with Crippen molar-refractivity contribution in [3.05, 3.63) is 73.8 Å². The Morgan fingerprint density at radius 1 is 1.17 bits per heavy atom. The van der Waals surface area contributed by atoms with Crippen LogP contribution in [0.2, 0.25) is 10.0 Å². The van der Waals surface area contributed by atoms with Gasteiger partial charge in [0, 0.05) is 30.7 Å². The molecule has 0 unspecified atom stereocenters. The third kappa shape index (κ3) is 4.13. The summed E-state index contributed by atoms with van der Waals surface area (Å²) in [6.07, 6.45) is 2.82. The van der Waals surface area contributed by atoms with Gasteiger partial charge in [0.1, 0.15) is 5.69 Å². The van der Waals surface area contributed by atoms with Gasteiger partial charge in [-0.3, -0.25) is 14.9 Å². The molecule has 0 aliphatic heterocycles. The van der Waals surface area contributed by atoms with E-state index in [9.17, 15) is 14.9 Å². The number of hydrogen-bond donors (Lipinski definition) is 0. The zero-order chi connectivity index (χ0) is 17.9. The number of nitrogens with zero attached hydrogens (tertiary/aromatic N) is 2. The monoisotopic (exact) mass is 364 g/mol. The van der Waals surface area contributed by atoms with Gasteiger partial charge in [-0.1, -0.05) is 35.3 Å². The predicted octanol–water partition coefficient (Wildman–Crippen LogP) is 4.86. The van der Waals surface area contributed by atoms with Crippen molar-refractivity contribution >= 4 is 46.4 Å². The minimum absolute atomic E-state index is 0.0320. The highest BCUT2D eigenvalue weighted by Gasteiger charge is 2.15. The number of ketones is 1. The molecule has 0 aliphatic rings. The zero-order valence-corrected chi connectivity index (χ0v) is 14.5. The molecule has 0 aromatic heterocycles. The molecular weight excluding hydrogens is 351 g/mol. The smallest absolute Gasteiger partial charge is 0.293 e. The summed E-state index contributed by atoms with van der Waals surface area (Å²) in [6.45, 7) is 0. The molecule has 2 aromatic rings. The molecule has 0 fully saturated rings. The molecule has 0 amide bonds. The van der Waals surface area contributed by atoms with Crippen LogP contribution in [0.15, 0.2) is 42.5 Å². The molecule has 0 saturated heterocycles. The molecule has 0 heterocycles. The summed E-state index contributed by atoms with van der Waals surface area (Å²) in [6, 6.07) is 9.36. The largest absolute Gasteiger partial charge is 0.372 e. The van der Waals surface area contributed by atoms with Crippen LogP contribution in [-0.2, 0) is 0 Å². The molecule has 0 atom stereocenters. The van der Waals surface area contributed by atoms with Crippen LogP contribution in [0.5, 0.6) is 0 Å². The Balaban J connectivity index is 2.32. The van der Waals surface area contributed by atoms with E-state index >= 15 is 0 Å². The highest BCUT2D eigenvalue weighted by atomic mass is 35.5. The van der Waals surface area contributed by atoms with Gasteiger partial charge in [0.15, 0.2) is 5.78 Å². The molecule has 0 aliphatic carbocycles. The number of halogens is 2. The van der Waals surface area contributed by atoms with Gasteiger partial charge in [-0.05, 0) is 35.9 Å². The molecule has 0 saturated carbocycles. The van der Waals surface area contributed by atoms with Gasteiger partial charge in [-0.25, -0.2) is 0 Å². The van der Waals surface area contributed by atoms with Crippen molar-refractivity contribution in [3.63, 3.8) is 0 Å². The zero-order valence-electron chi connectivity index (χ0n) is 13.0. The van der Waals surface area contributed by atoms with Gasteiger partial charge >= 0.3 is 0 Å². The number of nitro groups is 1. The normalized spacial score (nSPS) is 10.8. The van der Waals surface area contributed by atoms with Crippen LogP contribution >= 0.6 is 23.2 Å². The number of benzene rings is 2. The summed E-state index contributed by atoms with van der Waals surface area (Å²) in [5, 5.41) is 11.9. The van der Waals surface area contributed by atoms with E-state index in [0.29, 0.717) is 21.3 Å². The Bertz CT molecular complexity index is 833. The first-order valence-corrected chi connectivity index (χ1v) is 7.68. The lowest BCUT2D eigenvalue weighted by molar-refractivity contribution is -0.384. The first-order chi connectivity index (χ1) is 11.3. The maximum atomic E-state index is 12.2. The fourth-order valence-electron chi connectivity index (χ4n) is 2.12. The lowest BCUT2D eigenvalue weighted by Gasteiger charge is -2.12. The summed E-state index contributed by atoms with van der Waals surface area (Å²) in [5.74, 6) is -0.332. The van der Waals surface area contributed by atoms with Crippen molar-refractivity contribution in [1.29, 1.82) is 0 Å². The Kier molecular flexibility index (Phi) is 5.59. The summed E-state index contributed by atoms with van der Waals surface area (Å²) >= 11 is 11.9. The SMILES string of the molecule is CN(C)c1ccc(/C=C/C(=O)c2cc(Cl)ccc2Cl)cc1[N+](=O)[O-]. The number of hydrogen-bond acceptors (Lipinski definition) is 4. The van der Waals surface area contributed by atoms with Crippen molar-refractivity contribution in [2.45, 2.75) is 0 Å². The van der Waals surface area contributed by atoms with Crippen molar-refractivity contribution in [1.82, 2.24) is 0 Å². The molecule has 24 heavy (non-hydrogen) atoms. The second kappa shape index (κ2) is 7.47. The van der Waals surface area contributed by atoms with Crippen molar-refractivity contribution in [2.24, 2.45) is 0 Å². The second-order valence-electron chi connectivity index (χ2n) is 5.22. The standard InChI is InChI=1S/C17H14Cl2N2O3/c1-20(2)15-7-3-11(9-16(15)21(23)24)4-8-17(22)13-10-12(18)5-6-14(13)19/h3-10H,1-2H3/b8-4+. The highest BCUT2D eigenvalue weighted by molar-refractivity contribution is 6.36. The Morgan fingerprint density at radius 3 is 2.50 bits per heavy atom. The van der Waals surface area contributed by atoms with E-state index in [1.807, 2.05) is 0 Å². The predicted molar refractivity (Wildman–Crippen MR) is 97.2 cm³/mol. The number of anilines is 1. The number of carbonyl (C=O) groups is 1. The lowest BCUT2D eigenvalue weighted by atomic mass is 10.1. The van der Waals surface area contributed by atoms with E-state index in [-0.39, 0.29) is 17.0 Å². The van der Waals surface area contributed by atoms with E-state index in [2.05, 4.69) is 0 Å². The third-order valence-corrected chi connectivity index (χ3v) is 3.86.